The zero-order valence-electron chi connectivity index (χ0n) is 37.4. The molecular formula is C49H56FN9O7S. The van der Waals surface area contributed by atoms with Gasteiger partial charge in [-0.05, 0) is 117 Å². The molecule has 0 radical (unpaired) electrons. The summed E-state index contributed by atoms with van der Waals surface area (Å²) in [7, 11) is -4.70. The lowest BCUT2D eigenvalue weighted by Crippen LogP contribution is -2.55. The normalized spacial score (nSPS) is 21.9. The number of nitro groups is 1. The molecule has 2 aromatic carbocycles. The van der Waals surface area contributed by atoms with E-state index in [9.17, 15) is 23.3 Å². The Bertz CT molecular complexity index is 2820. The number of rotatable bonds is 12. The third kappa shape index (κ3) is 8.56. The number of nitrogens with zero attached hydrogens (tertiary/aromatic N) is 6. The molecule has 67 heavy (non-hydrogen) atoms. The average molecular weight is 934 g/mol. The smallest absolute Gasteiger partial charge is 0.312 e. The van der Waals surface area contributed by atoms with Crippen molar-refractivity contribution in [2.24, 2.45) is 5.41 Å². The molecule has 1 atom stereocenters. The lowest BCUT2D eigenvalue weighted by molar-refractivity contribution is -0.384. The van der Waals surface area contributed by atoms with Gasteiger partial charge in [-0.1, -0.05) is 24.3 Å². The molecule has 11 rings (SSSR count). The molecule has 3 N–H and O–H groups in total. The van der Waals surface area contributed by atoms with Gasteiger partial charge in [-0.15, -0.1) is 0 Å². The lowest BCUT2D eigenvalue weighted by atomic mass is 9.59. The highest BCUT2D eigenvalue weighted by molar-refractivity contribution is 7.90. The van der Waals surface area contributed by atoms with Crippen molar-refractivity contribution in [2.75, 3.05) is 67.7 Å². The zero-order chi connectivity index (χ0) is 45.9. The van der Waals surface area contributed by atoms with Crippen molar-refractivity contribution in [3.63, 3.8) is 0 Å². The predicted molar refractivity (Wildman–Crippen MR) is 252 cm³/mol. The van der Waals surface area contributed by atoms with Crippen molar-refractivity contribution < 1.29 is 32.0 Å². The van der Waals surface area contributed by atoms with Crippen LogP contribution in [0.25, 0.3) is 11.0 Å². The molecule has 3 saturated heterocycles. The van der Waals surface area contributed by atoms with E-state index in [1.807, 2.05) is 29.2 Å². The minimum absolute atomic E-state index is 0.0820. The first-order chi connectivity index (χ1) is 32.4. The van der Waals surface area contributed by atoms with Gasteiger partial charge in [-0.3, -0.25) is 19.8 Å². The Balaban J connectivity index is 0.840. The van der Waals surface area contributed by atoms with Crippen molar-refractivity contribution in [2.45, 2.75) is 99.2 Å². The number of pyridine rings is 2. The molecule has 16 nitrogen and oxygen atoms in total. The number of anilines is 4. The molecule has 0 unspecified atom stereocenters. The number of fused-ring (bicyclic) bond motifs is 2. The van der Waals surface area contributed by atoms with E-state index in [1.165, 1.54) is 38.5 Å². The SMILES string of the molecule is O=C(NS(=O)(=O)c1cnc(NCC2(F)CCOCC2)c([N+](=O)[O-])c1)c1ccc(N2CCC3(CC2)CC(N2CCC[C@H]2c2ccccc2C2CC2)C3)cc1N1CCCOc2nc3[nH]ccc3cc21. The van der Waals surface area contributed by atoms with Crippen molar-refractivity contribution in [3.8, 4) is 5.88 Å². The van der Waals surface area contributed by atoms with Crippen LogP contribution in [0, 0.1) is 15.5 Å². The quantitative estimate of drug-likeness (QED) is 0.0802. The number of likely N-dealkylation sites (tertiary alicyclic amines) is 1. The van der Waals surface area contributed by atoms with Gasteiger partial charge in [0.15, 0.2) is 0 Å². The second kappa shape index (κ2) is 17.3. The molecule has 0 bridgehead atoms. The van der Waals surface area contributed by atoms with Crippen molar-refractivity contribution in [1.29, 1.82) is 0 Å². The Morgan fingerprint density at radius 1 is 0.925 bits per heavy atom. The van der Waals surface area contributed by atoms with E-state index >= 15 is 4.39 Å². The van der Waals surface area contributed by atoms with Gasteiger partial charge in [0.1, 0.15) is 21.9 Å². The van der Waals surface area contributed by atoms with Gasteiger partial charge in [0.05, 0.1) is 35.5 Å². The van der Waals surface area contributed by atoms with Gasteiger partial charge < -0.3 is 29.6 Å². The van der Waals surface area contributed by atoms with Crippen molar-refractivity contribution >= 4 is 55.5 Å². The van der Waals surface area contributed by atoms with E-state index < -0.39 is 37.1 Å². The molecule has 18 heteroatoms. The molecule has 1 amide bonds. The average Bonchev–Trinajstić information content (AvgIpc) is 3.95. The number of ether oxygens (including phenoxy) is 2. The molecule has 5 fully saturated rings. The first-order valence-electron chi connectivity index (χ1n) is 23.8. The minimum atomic E-state index is -4.70. The third-order valence-corrected chi connectivity index (χ3v) is 16.6. The fourth-order valence-corrected chi connectivity index (χ4v) is 12.3. The van der Waals surface area contributed by atoms with Crippen LogP contribution in [0.5, 0.6) is 5.88 Å². The molecule has 3 aromatic heterocycles. The van der Waals surface area contributed by atoms with Gasteiger partial charge >= 0.3 is 5.69 Å². The van der Waals surface area contributed by atoms with Crippen LogP contribution in [-0.4, -0.2) is 103 Å². The van der Waals surface area contributed by atoms with E-state index in [1.54, 1.807) is 23.4 Å². The summed E-state index contributed by atoms with van der Waals surface area (Å²) in [5.74, 6) is -0.0883. The Kier molecular flexibility index (Phi) is 11.3. The maximum atomic E-state index is 15.3. The Hall–Kier alpha value is -5.85. The number of benzene rings is 2. The second-order valence-electron chi connectivity index (χ2n) is 19.5. The van der Waals surface area contributed by atoms with Crippen molar-refractivity contribution in [3.05, 3.63) is 99.9 Å². The number of hydrogen-bond acceptors (Lipinski definition) is 13. The van der Waals surface area contributed by atoms with Crippen LogP contribution in [0.15, 0.2) is 78.0 Å². The number of nitrogens with one attached hydrogen (secondary N) is 3. The predicted octanol–water partition coefficient (Wildman–Crippen LogP) is 8.30. The van der Waals surface area contributed by atoms with E-state index in [0.29, 0.717) is 60.0 Å². The van der Waals surface area contributed by atoms with Crippen LogP contribution < -0.4 is 24.6 Å². The maximum Gasteiger partial charge on any atom is 0.312 e. The lowest BCUT2D eigenvalue weighted by Gasteiger charge is -2.56. The topological polar surface area (TPSA) is 188 Å². The molecule has 352 valence electrons. The Labute approximate surface area is 388 Å². The monoisotopic (exact) mass is 933 g/mol. The molecule has 7 heterocycles. The highest BCUT2D eigenvalue weighted by Gasteiger charge is 2.50. The molecule has 2 saturated carbocycles. The highest BCUT2D eigenvalue weighted by Crippen LogP contribution is 2.55. The van der Waals surface area contributed by atoms with E-state index in [0.717, 1.165) is 61.7 Å². The largest absolute Gasteiger partial charge is 0.476 e. The van der Waals surface area contributed by atoms with Crippen LogP contribution in [0.4, 0.5) is 33.0 Å². The van der Waals surface area contributed by atoms with Crippen LogP contribution >= 0.6 is 0 Å². The first kappa shape index (κ1) is 43.7. The number of alkyl halides is 1. The number of aromatic amines is 1. The number of hydrogen-bond donors (Lipinski definition) is 3. The van der Waals surface area contributed by atoms with Gasteiger partial charge in [-0.2, -0.15) is 4.98 Å². The summed E-state index contributed by atoms with van der Waals surface area (Å²) in [6.45, 7) is 3.87. The number of amides is 1. The maximum absolute atomic E-state index is 15.3. The number of aromatic nitrogens is 3. The number of carbonyl (C=O) groups is 1. The number of sulfonamides is 1. The van der Waals surface area contributed by atoms with E-state index in [-0.39, 0.29) is 44.0 Å². The van der Waals surface area contributed by atoms with Gasteiger partial charge in [0.2, 0.25) is 11.7 Å². The minimum Gasteiger partial charge on any atom is -0.476 e. The molecule has 5 aromatic rings. The van der Waals surface area contributed by atoms with Crippen LogP contribution in [0.1, 0.15) is 104 Å². The summed E-state index contributed by atoms with van der Waals surface area (Å²) in [4.78, 5) is 44.2. The number of piperidine rings is 1. The number of halogens is 1. The zero-order valence-corrected chi connectivity index (χ0v) is 38.2. The molecule has 4 aliphatic heterocycles. The summed E-state index contributed by atoms with van der Waals surface area (Å²) in [5.41, 5.74) is 3.84. The van der Waals surface area contributed by atoms with E-state index in [2.05, 4.69) is 54.1 Å². The molecule has 2 aliphatic carbocycles. The molecule has 1 spiro atoms. The van der Waals surface area contributed by atoms with Crippen LogP contribution in [-0.2, 0) is 14.8 Å². The second-order valence-corrected chi connectivity index (χ2v) is 21.2. The number of H-pyrrole nitrogens is 1. The number of carbonyl (C=O) groups excluding carboxylic acids is 1. The van der Waals surface area contributed by atoms with Crippen molar-refractivity contribution in [1.82, 2.24) is 24.6 Å². The van der Waals surface area contributed by atoms with Crippen LogP contribution in [0.2, 0.25) is 0 Å². The Morgan fingerprint density at radius 3 is 2.49 bits per heavy atom. The van der Waals surface area contributed by atoms with E-state index in [4.69, 9.17) is 14.5 Å². The van der Waals surface area contributed by atoms with Gasteiger partial charge in [0.25, 0.3) is 15.9 Å². The fraction of sp³-hybridized carbons (Fsp3) is 0.490. The van der Waals surface area contributed by atoms with Gasteiger partial charge in [0, 0.05) is 81.1 Å². The molecule has 6 aliphatic rings. The first-order valence-corrected chi connectivity index (χ1v) is 25.3. The summed E-state index contributed by atoms with van der Waals surface area (Å²) in [6, 6.07) is 20.4. The third-order valence-electron chi connectivity index (χ3n) is 15.3. The molecular weight excluding hydrogens is 878 g/mol. The van der Waals surface area contributed by atoms with Crippen LogP contribution in [0.3, 0.4) is 0 Å². The summed E-state index contributed by atoms with van der Waals surface area (Å²) in [6.07, 6.45) is 13.1. The fourth-order valence-electron chi connectivity index (χ4n) is 11.4. The standard InChI is InChI=1S/C49H56FN9O7S/c50-49(15-23-65-24-16-49)31-53-45-42(59(61)62)27-36(30-52-45)67(63,64)55-46(60)39-11-10-34(26-41(39)58-19-4-22-66-47-43(58)25-33-12-17-51-44(33)54-47)56-20-13-48(14-21-56)28-35(29-48)57-18-3-7-40(57)38-6-2-1-5-37(38)32-8-9-32/h1-2,5-6,10-12,17,25-27,30,32,35,40H,3-4,7-9,13-16,18-24,28-29,31H2,(H,51,54)(H,52,53)(H,55,60)/t40-/m0/s1. The van der Waals surface area contributed by atoms with Gasteiger partial charge in [-0.25, -0.2) is 22.5 Å². The summed E-state index contributed by atoms with van der Waals surface area (Å²) < 4.78 is 56.7. The highest BCUT2D eigenvalue weighted by atomic mass is 32.2. The summed E-state index contributed by atoms with van der Waals surface area (Å²) in [5, 5.41) is 15.7. The summed E-state index contributed by atoms with van der Waals surface area (Å²) >= 11 is 0. The Morgan fingerprint density at radius 2 is 1.72 bits per heavy atom.